The number of nitrogens with zero attached hydrogens (tertiary/aromatic N) is 1. The quantitative estimate of drug-likeness (QED) is 0.0565. The number of carbonyl (C=O) groups excluding carboxylic acids is 5. The summed E-state index contributed by atoms with van der Waals surface area (Å²) in [6, 6.07) is 7.06. The smallest absolute Gasteiger partial charge is 0.338 e. The second kappa shape index (κ2) is 29.9. The average Bonchev–Trinajstić information content (AvgIpc) is 3.74. The molecule has 68 heavy (non-hydrogen) atoms. The van der Waals surface area contributed by atoms with Gasteiger partial charge in [-0.15, -0.1) is 11.5 Å². The standard InChI is InChI=1S/C10H14O.C7H17N3.C7H12N2.2C7H10O6.C7H8O5/c1-8(2)7-9-3-5-10(11)6-4-9;1-6(2)4-3-5-10-7(8)9;1-6(2)3-7-4-8-5-9-7;2*8-3-1-7(13,6(11)12)2-4(9)5(3)10;8-4-1-3(7(11)12)2-5(9)6(4)10/h3-6,8,11H,7H2,1-2H3;6H,3-5H2,1-2H3,(H4,8,9,10);4-6H,3H2,1-2H3,(H,8,9);3,5,8,10,13H,1-2H2,(H,11,12);1,4-5,8-10,13H,2H2,(H,11,12);1,5-6,9-10H,2H2,(H,11,12)/p-4/t;;;;;5-,6-/m.....1/s1. The molecule has 6 unspecified atom stereocenters. The van der Waals surface area contributed by atoms with Crippen LogP contribution in [0.3, 0.4) is 0 Å². The molecule has 1 fully saturated rings. The first-order valence-electron chi connectivity index (χ1n) is 21.5. The summed E-state index contributed by atoms with van der Waals surface area (Å²) < 4.78 is 0. The summed E-state index contributed by atoms with van der Waals surface area (Å²) in [6.45, 7) is 14.0. The highest BCUT2D eigenvalue weighted by atomic mass is 16.4. The zero-order valence-electron chi connectivity index (χ0n) is 38.9. The number of carboxylic acid groups (broad SMARTS) is 3. The highest BCUT2D eigenvalue weighted by Gasteiger charge is 2.44. The van der Waals surface area contributed by atoms with Gasteiger partial charge in [-0.3, -0.25) is 26.0 Å². The van der Waals surface area contributed by atoms with Crippen LogP contribution in [0.2, 0.25) is 0 Å². The summed E-state index contributed by atoms with van der Waals surface area (Å²) in [5, 5.41) is 125. The molecule has 0 aliphatic heterocycles. The van der Waals surface area contributed by atoms with Crippen molar-refractivity contribution in [2.24, 2.45) is 29.2 Å². The maximum atomic E-state index is 10.9. The number of rotatable bonds is 11. The van der Waals surface area contributed by atoms with Crippen molar-refractivity contribution in [3.8, 4) is 5.75 Å². The second-order valence-electron chi connectivity index (χ2n) is 17.6. The molecule has 3 aliphatic carbocycles. The van der Waals surface area contributed by atoms with E-state index in [4.69, 9.17) is 42.1 Å². The number of nitrogens with one attached hydrogen (secondary N) is 2. The fourth-order valence-electron chi connectivity index (χ4n) is 6.10. The number of hydrogen-bond acceptors (Lipinski definition) is 19. The molecule has 384 valence electrons. The van der Waals surface area contributed by atoms with E-state index in [1.54, 1.807) is 18.5 Å². The number of aromatic nitrogens is 2. The van der Waals surface area contributed by atoms with E-state index in [-0.39, 0.29) is 17.7 Å². The SMILES string of the molecule is CC(C)CCC[NH+]=C(N)N.CC(C)Cc1ccc([O-])cc1.CC(C)Cc1cnc[nH]1.O=C([O-])C1(O)C=C([O-])C(O)C(O)C1.O=C([O-])C1=CC(=O)[C@@H](O)[C@H](O)C1.O=C1CC(O)(C(=O)[O-])CC(O)C1O. The van der Waals surface area contributed by atoms with Gasteiger partial charge in [0.2, 0.25) is 0 Å². The number of ketones is 2. The Labute approximate surface area is 393 Å². The number of aliphatic carboxylic acids is 3. The van der Waals surface area contributed by atoms with Crippen LogP contribution in [0.1, 0.15) is 91.3 Å². The van der Waals surface area contributed by atoms with Crippen LogP contribution in [0, 0.1) is 17.8 Å². The predicted molar refractivity (Wildman–Crippen MR) is 230 cm³/mol. The maximum absolute atomic E-state index is 10.9. The van der Waals surface area contributed by atoms with Crippen LogP contribution < -0.4 is 42.0 Å². The number of aromatic amines is 1. The highest BCUT2D eigenvalue weighted by molar-refractivity contribution is 6.02. The molecule has 0 radical (unpaired) electrons. The van der Waals surface area contributed by atoms with Crippen molar-refractivity contribution in [1.29, 1.82) is 0 Å². The first-order valence-corrected chi connectivity index (χ1v) is 21.5. The number of aliphatic hydroxyl groups excluding tert-OH is 6. The molecule has 0 bridgehead atoms. The van der Waals surface area contributed by atoms with Gasteiger partial charge in [0.05, 0.1) is 55.2 Å². The summed E-state index contributed by atoms with van der Waals surface area (Å²) in [5.74, 6) is -5.34. The van der Waals surface area contributed by atoms with Gasteiger partial charge in [0.15, 0.2) is 11.6 Å². The lowest BCUT2D eigenvalue weighted by Gasteiger charge is -2.38. The van der Waals surface area contributed by atoms with Gasteiger partial charge in [-0.2, -0.15) is 0 Å². The minimum absolute atomic E-state index is 0.0949. The Bertz CT molecular complexity index is 1970. The molecule has 1 heterocycles. The van der Waals surface area contributed by atoms with Gasteiger partial charge in [-0.1, -0.05) is 71.9 Å². The van der Waals surface area contributed by atoms with E-state index < -0.39 is 102 Å². The van der Waals surface area contributed by atoms with Crippen LogP contribution in [0.4, 0.5) is 0 Å². The minimum Gasteiger partial charge on any atom is -0.874 e. The monoisotopic (exact) mass is 965 g/mol. The molecule has 1 aromatic carbocycles. The zero-order chi connectivity index (χ0) is 52.7. The molecule has 23 heteroatoms. The maximum Gasteiger partial charge on any atom is 0.338 e. The molecule has 23 nitrogen and oxygen atoms in total. The van der Waals surface area contributed by atoms with Gasteiger partial charge >= 0.3 is 5.96 Å². The second-order valence-corrected chi connectivity index (χ2v) is 17.6. The summed E-state index contributed by atoms with van der Waals surface area (Å²) in [7, 11) is 0. The molecule has 1 aromatic heterocycles. The van der Waals surface area contributed by atoms with E-state index in [2.05, 4.69) is 56.5 Å². The van der Waals surface area contributed by atoms with Gasteiger partial charge in [0, 0.05) is 37.6 Å². The van der Waals surface area contributed by atoms with E-state index >= 15 is 0 Å². The van der Waals surface area contributed by atoms with E-state index in [0.717, 1.165) is 37.8 Å². The van der Waals surface area contributed by atoms with Gasteiger partial charge in [0.1, 0.15) is 23.4 Å². The number of guanidine groups is 1. The lowest BCUT2D eigenvalue weighted by molar-refractivity contribution is -0.460. The Balaban J connectivity index is 0.000000796. The van der Waals surface area contributed by atoms with Crippen molar-refractivity contribution in [1.82, 2.24) is 9.97 Å². The number of imidazole rings is 1. The van der Waals surface area contributed by atoms with Crippen molar-refractivity contribution in [2.75, 3.05) is 6.54 Å². The van der Waals surface area contributed by atoms with Crippen molar-refractivity contribution in [3.05, 3.63) is 71.5 Å². The number of carbonyl (C=O) groups is 5. The normalized spacial score (nSPS) is 25.1. The largest absolute Gasteiger partial charge is 0.874 e. The van der Waals surface area contributed by atoms with Crippen LogP contribution >= 0.6 is 0 Å². The molecular formula is C45H67N5O18-4. The first kappa shape index (κ1) is 62.2. The van der Waals surface area contributed by atoms with Gasteiger partial charge in [-0.25, -0.2) is 4.98 Å². The molecule has 1 saturated carbocycles. The van der Waals surface area contributed by atoms with Crippen molar-refractivity contribution in [2.45, 2.75) is 141 Å². The summed E-state index contributed by atoms with van der Waals surface area (Å²) in [4.78, 5) is 62.4. The molecule has 14 N–H and O–H groups in total. The Kier molecular flexibility index (Phi) is 27.3. The molecular weight excluding hydrogens is 899 g/mol. The van der Waals surface area contributed by atoms with Gasteiger partial charge in [0.25, 0.3) is 0 Å². The third-order valence-corrected chi connectivity index (χ3v) is 9.70. The Morgan fingerprint density at radius 1 is 0.794 bits per heavy atom. The van der Waals surface area contributed by atoms with Crippen molar-refractivity contribution in [3.63, 3.8) is 0 Å². The van der Waals surface area contributed by atoms with Gasteiger partial charge in [-0.05, 0) is 60.6 Å². The summed E-state index contributed by atoms with van der Waals surface area (Å²) >= 11 is 0. The number of H-pyrrole nitrogens is 1. The lowest BCUT2D eigenvalue weighted by Crippen LogP contribution is -2.78. The summed E-state index contributed by atoms with van der Waals surface area (Å²) in [5.41, 5.74) is 7.75. The van der Waals surface area contributed by atoms with Crippen molar-refractivity contribution < 1.29 is 95.3 Å². The molecule has 5 rings (SSSR count). The van der Waals surface area contributed by atoms with Crippen LogP contribution in [0.25, 0.3) is 0 Å². The van der Waals surface area contributed by atoms with Crippen LogP contribution in [-0.2, 0) is 36.8 Å². The fourth-order valence-corrected chi connectivity index (χ4v) is 6.10. The van der Waals surface area contributed by atoms with E-state index in [1.165, 1.54) is 17.7 Å². The number of hydrogen-bond donors (Lipinski definition) is 12. The van der Waals surface area contributed by atoms with Crippen LogP contribution in [0.5, 0.6) is 5.75 Å². The number of aliphatic hydroxyl groups is 8. The summed E-state index contributed by atoms with van der Waals surface area (Å²) in [6.07, 6.45) is -2.15. The van der Waals surface area contributed by atoms with E-state index in [9.17, 15) is 59.7 Å². The number of carboxylic acids is 3. The van der Waals surface area contributed by atoms with Crippen LogP contribution in [0.15, 0.2) is 60.3 Å². The lowest BCUT2D eigenvalue weighted by atomic mass is 9.81. The number of benzene rings is 1. The number of nitrogens with two attached hydrogens (primary N) is 2. The molecule has 2 aromatic rings. The molecule has 0 spiro atoms. The Hall–Kier alpha value is -5.79. The Morgan fingerprint density at radius 2 is 1.35 bits per heavy atom. The van der Waals surface area contributed by atoms with Crippen molar-refractivity contribution >= 4 is 35.4 Å². The van der Waals surface area contributed by atoms with Gasteiger partial charge < -0.3 is 85.8 Å². The average molecular weight is 966 g/mol. The molecule has 0 amide bonds. The molecule has 3 aliphatic rings. The minimum atomic E-state index is -2.48. The predicted octanol–water partition coefficient (Wildman–Crippen LogP) is -7.91. The number of Topliss-reactive ketones (excluding diaryl/α,β-unsaturated/α-hetero) is 1. The topological polar surface area (TPSA) is 457 Å². The third kappa shape index (κ3) is 23.8. The van der Waals surface area contributed by atoms with Crippen LogP contribution in [-0.4, -0.2) is 141 Å². The fraction of sp³-hybridized carbons (Fsp3) is 0.578. The molecule has 8 atom stereocenters. The van der Waals surface area contributed by atoms with E-state index in [0.29, 0.717) is 23.9 Å². The van der Waals surface area contributed by atoms with E-state index in [1.807, 2.05) is 18.3 Å². The first-order chi connectivity index (χ1) is 31.3. The zero-order valence-corrected chi connectivity index (χ0v) is 38.9. The molecule has 0 saturated heterocycles. The third-order valence-electron chi connectivity index (χ3n) is 9.70. The highest BCUT2D eigenvalue weighted by Crippen LogP contribution is 2.26. The Morgan fingerprint density at radius 3 is 1.76 bits per heavy atom.